The van der Waals surface area contributed by atoms with Crippen molar-refractivity contribution < 1.29 is 22.7 Å². The average molecular weight is 295 g/mol. The second-order valence-electron chi connectivity index (χ2n) is 4.29. The lowest BCUT2D eigenvalue weighted by atomic mass is 9.97. The van der Waals surface area contributed by atoms with Gasteiger partial charge in [0.2, 0.25) is 0 Å². The minimum atomic E-state index is -4.61. The van der Waals surface area contributed by atoms with Crippen molar-refractivity contribution in [2.45, 2.75) is 6.18 Å². The van der Waals surface area contributed by atoms with Crippen LogP contribution < -0.4 is 10.5 Å². The van der Waals surface area contributed by atoms with Crippen molar-refractivity contribution in [2.24, 2.45) is 0 Å². The van der Waals surface area contributed by atoms with Gasteiger partial charge in [0.1, 0.15) is 5.75 Å². The van der Waals surface area contributed by atoms with E-state index in [1.807, 2.05) is 0 Å². The Labute approximate surface area is 119 Å². The van der Waals surface area contributed by atoms with Crippen LogP contribution in [0, 0.1) is 0 Å². The van der Waals surface area contributed by atoms with Crippen LogP contribution in [0.15, 0.2) is 42.5 Å². The molecule has 0 aliphatic rings. The first-order chi connectivity index (χ1) is 9.86. The van der Waals surface area contributed by atoms with Crippen molar-refractivity contribution in [1.82, 2.24) is 0 Å². The molecule has 0 radical (unpaired) electrons. The van der Waals surface area contributed by atoms with Crippen LogP contribution >= 0.6 is 0 Å². The third-order valence-corrected chi connectivity index (χ3v) is 3.01. The van der Waals surface area contributed by atoms with E-state index in [2.05, 4.69) is 0 Å². The van der Waals surface area contributed by atoms with Gasteiger partial charge >= 0.3 is 6.18 Å². The number of nitrogen functional groups attached to an aromatic ring is 1. The van der Waals surface area contributed by atoms with Gasteiger partial charge in [0, 0.05) is 11.1 Å². The molecule has 0 saturated carbocycles. The van der Waals surface area contributed by atoms with Gasteiger partial charge in [0.25, 0.3) is 0 Å². The number of halogens is 3. The van der Waals surface area contributed by atoms with Crippen LogP contribution in [0.25, 0.3) is 0 Å². The first-order valence-electron chi connectivity index (χ1n) is 5.99. The highest BCUT2D eigenvalue weighted by molar-refractivity contribution is 6.13. The van der Waals surface area contributed by atoms with E-state index in [9.17, 15) is 18.0 Å². The standard InChI is InChI=1S/C15H12F3NO2/c1-21-12-8-4-6-10(13(12)19)14(20)9-5-2-3-7-11(9)15(16,17)18/h2-8H,19H2,1H3. The number of methoxy groups -OCH3 is 1. The van der Waals surface area contributed by atoms with Crippen LogP contribution in [0.2, 0.25) is 0 Å². The summed E-state index contributed by atoms with van der Waals surface area (Å²) in [6.07, 6.45) is -4.61. The fraction of sp³-hybridized carbons (Fsp3) is 0.133. The van der Waals surface area contributed by atoms with E-state index in [0.29, 0.717) is 0 Å². The first kappa shape index (κ1) is 14.9. The number of rotatable bonds is 3. The summed E-state index contributed by atoms with van der Waals surface area (Å²) >= 11 is 0. The third kappa shape index (κ3) is 2.84. The van der Waals surface area contributed by atoms with E-state index >= 15 is 0 Å². The van der Waals surface area contributed by atoms with Crippen LogP contribution in [0.1, 0.15) is 21.5 Å². The molecule has 2 rings (SSSR count). The quantitative estimate of drug-likeness (QED) is 0.696. The zero-order chi connectivity index (χ0) is 15.6. The summed E-state index contributed by atoms with van der Waals surface area (Å²) in [6, 6.07) is 8.99. The van der Waals surface area contributed by atoms with Crippen LogP contribution in [0.3, 0.4) is 0 Å². The van der Waals surface area contributed by atoms with E-state index in [4.69, 9.17) is 10.5 Å². The van der Waals surface area contributed by atoms with E-state index in [1.165, 1.54) is 37.4 Å². The molecule has 0 aromatic heterocycles. The number of benzene rings is 2. The number of hydrogen-bond acceptors (Lipinski definition) is 3. The van der Waals surface area contributed by atoms with Gasteiger partial charge in [-0.3, -0.25) is 4.79 Å². The Morgan fingerprint density at radius 3 is 2.29 bits per heavy atom. The van der Waals surface area contributed by atoms with Gasteiger partial charge in [-0.2, -0.15) is 13.2 Å². The lowest BCUT2D eigenvalue weighted by Crippen LogP contribution is -2.15. The average Bonchev–Trinajstić information content (AvgIpc) is 2.46. The number of carbonyl (C=O) groups excluding carboxylic acids is 1. The fourth-order valence-corrected chi connectivity index (χ4v) is 1.99. The minimum Gasteiger partial charge on any atom is -0.495 e. The minimum absolute atomic E-state index is 0.0157. The molecule has 0 heterocycles. The molecule has 6 heteroatoms. The molecule has 0 aliphatic heterocycles. The number of alkyl halides is 3. The molecule has 0 spiro atoms. The molecule has 21 heavy (non-hydrogen) atoms. The van der Waals surface area contributed by atoms with Gasteiger partial charge in [0.15, 0.2) is 5.78 Å². The predicted octanol–water partition coefficient (Wildman–Crippen LogP) is 3.53. The number of hydrogen-bond donors (Lipinski definition) is 1. The molecule has 110 valence electrons. The highest BCUT2D eigenvalue weighted by atomic mass is 19.4. The maximum Gasteiger partial charge on any atom is 0.417 e. The zero-order valence-electron chi connectivity index (χ0n) is 11.1. The Hall–Kier alpha value is -2.50. The largest absolute Gasteiger partial charge is 0.495 e. The molecule has 0 amide bonds. The number of ketones is 1. The summed E-state index contributed by atoms with van der Waals surface area (Å²) < 4.78 is 43.9. The third-order valence-electron chi connectivity index (χ3n) is 3.01. The van der Waals surface area contributed by atoms with E-state index in [0.717, 1.165) is 12.1 Å². The van der Waals surface area contributed by atoms with Crippen LogP contribution in [0.4, 0.5) is 18.9 Å². The maximum atomic E-state index is 13.0. The lowest BCUT2D eigenvalue weighted by molar-refractivity contribution is -0.137. The fourth-order valence-electron chi connectivity index (χ4n) is 1.99. The van der Waals surface area contributed by atoms with Crippen LogP contribution in [0.5, 0.6) is 5.75 Å². The molecule has 2 N–H and O–H groups in total. The SMILES string of the molecule is COc1cccc(C(=O)c2ccccc2C(F)(F)F)c1N. The molecular weight excluding hydrogens is 283 g/mol. The van der Waals surface area contributed by atoms with Crippen LogP contribution in [-0.2, 0) is 6.18 Å². The summed E-state index contributed by atoms with van der Waals surface area (Å²) in [4.78, 5) is 12.4. The number of carbonyl (C=O) groups is 1. The molecule has 0 aliphatic carbocycles. The molecule has 0 saturated heterocycles. The Kier molecular flexibility index (Phi) is 3.88. The molecule has 2 aromatic rings. The Morgan fingerprint density at radius 2 is 1.67 bits per heavy atom. The zero-order valence-corrected chi connectivity index (χ0v) is 11.1. The second kappa shape index (κ2) is 5.47. The van der Waals surface area contributed by atoms with Gasteiger partial charge in [-0.05, 0) is 18.2 Å². The smallest absolute Gasteiger partial charge is 0.417 e. The van der Waals surface area contributed by atoms with E-state index in [-0.39, 0.29) is 17.0 Å². The Balaban J connectivity index is 2.57. The van der Waals surface area contributed by atoms with Gasteiger partial charge in [-0.1, -0.05) is 24.3 Å². The maximum absolute atomic E-state index is 13.0. The Bertz CT molecular complexity index is 681. The predicted molar refractivity (Wildman–Crippen MR) is 72.3 cm³/mol. The second-order valence-corrected chi connectivity index (χ2v) is 4.29. The topological polar surface area (TPSA) is 52.3 Å². The Morgan fingerprint density at radius 1 is 1.05 bits per heavy atom. The summed E-state index contributed by atoms with van der Waals surface area (Å²) in [6.45, 7) is 0. The molecular formula is C15H12F3NO2. The van der Waals surface area contributed by atoms with Crippen LogP contribution in [-0.4, -0.2) is 12.9 Å². The molecule has 0 atom stereocenters. The number of anilines is 1. The van der Waals surface area contributed by atoms with Gasteiger partial charge in [-0.15, -0.1) is 0 Å². The highest BCUT2D eigenvalue weighted by Gasteiger charge is 2.35. The summed E-state index contributed by atoms with van der Waals surface area (Å²) in [7, 11) is 1.36. The van der Waals surface area contributed by atoms with Gasteiger partial charge < -0.3 is 10.5 Å². The molecule has 2 aromatic carbocycles. The molecule has 0 bridgehead atoms. The molecule has 0 fully saturated rings. The number of ether oxygens (including phenoxy) is 1. The molecule has 3 nitrogen and oxygen atoms in total. The number of para-hydroxylation sites is 1. The van der Waals surface area contributed by atoms with Gasteiger partial charge in [0.05, 0.1) is 18.4 Å². The van der Waals surface area contributed by atoms with E-state index < -0.39 is 23.1 Å². The monoisotopic (exact) mass is 295 g/mol. The normalized spacial score (nSPS) is 11.2. The summed E-state index contributed by atoms with van der Waals surface area (Å²) in [5.74, 6) is -0.551. The lowest BCUT2D eigenvalue weighted by Gasteiger charge is -2.13. The van der Waals surface area contributed by atoms with Crippen molar-refractivity contribution >= 4 is 11.5 Å². The van der Waals surface area contributed by atoms with Gasteiger partial charge in [-0.25, -0.2) is 0 Å². The van der Waals surface area contributed by atoms with Crippen molar-refractivity contribution in [2.75, 3.05) is 12.8 Å². The first-order valence-corrected chi connectivity index (χ1v) is 5.99. The molecule has 0 unspecified atom stereocenters. The van der Waals surface area contributed by atoms with E-state index in [1.54, 1.807) is 0 Å². The highest BCUT2D eigenvalue weighted by Crippen LogP contribution is 2.34. The number of nitrogens with two attached hydrogens (primary N) is 1. The summed E-state index contributed by atoms with van der Waals surface area (Å²) in [5, 5.41) is 0. The van der Waals surface area contributed by atoms with Crippen molar-refractivity contribution in [1.29, 1.82) is 0 Å². The summed E-state index contributed by atoms with van der Waals surface area (Å²) in [5.41, 5.74) is 4.33. The van der Waals surface area contributed by atoms with Crippen molar-refractivity contribution in [3.8, 4) is 5.75 Å². The van der Waals surface area contributed by atoms with Crippen molar-refractivity contribution in [3.63, 3.8) is 0 Å². The van der Waals surface area contributed by atoms with Crippen molar-refractivity contribution in [3.05, 3.63) is 59.2 Å².